The third-order valence-corrected chi connectivity index (χ3v) is 6.66. The molecule has 5 rings (SSSR count). The molecule has 0 unspecified atom stereocenters. The van der Waals surface area contributed by atoms with Crippen LogP contribution < -0.4 is 10.6 Å². The quantitative estimate of drug-likeness (QED) is 0.275. The molecule has 1 aliphatic heterocycles. The summed E-state index contributed by atoms with van der Waals surface area (Å²) >= 11 is 12.7. The Kier molecular flexibility index (Phi) is 7.99. The van der Waals surface area contributed by atoms with Crippen LogP contribution in [0.1, 0.15) is 43.5 Å². The third-order valence-electron chi connectivity index (χ3n) is 6.15. The highest BCUT2D eigenvalue weighted by Gasteiger charge is 2.22. The van der Waals surface area contributed by atoms with Crippen molar-refractivity contribution in [3.8, 4) is 16.9 Å². The number of rotatable bonds is 4. The first kappa shape index (κ1) is 26.5. The van der Waals surface area contributed by atoms with E-state index in [1.807, 2.05) is 0 Å². The fourth-order valence-electron chi connectivity index (χ4n) is 4.36. The number of aromatic amines is 1. The Morgan fingerprint density at radius 2 is 1.92 bits per heavy atom. The summed E-state index contributed by atoms with van der Waals surface area (Å²) in [5.74, 6) is -0.808. The standard InChI is InChI=1S/C26H23Cl2FN8O2/c27-16-8-9-20(37-14-30-35-36-37)15(11-16)7-10-23(39)32-19-13-17(29)12-18-24(19)25-26(28)34-21(33-25)5-3-1-2-4-6-22(38)31-18/h7-14H,1-6H2,(H,31,38)(H,32,39)(H,33,34). The summed E-state index contributed by atoms with van der Waals surface area (Å²) in [6.45, 7) is 0. The molecule has 0 fully saturated rings. The fraction of sp³-hybridized carbons (Fsp3) is 0.231. The predicted octanol–water partition coefficient (Wildman–Crippen LogP) is 5.60. The van der Waals surface area contributed by atoms with Crippen molar-refractivity contribution in [2.75, 3.05) is 10.6 Å². The number of carbonyl (C=O) groups is 2. The van der Waals surface area contributed by atoms with Gasteiger partial charge in [-0.15, -0.1) is 5.10 Å². The lowest BCUT2D eigenvalue weighted by molar-refractivity contribution is -0.116. The van der Waals surface area contributed by atoms with Gasteiger partial charge in [0.1, 0.15) is 28.8 Å². The largest absolute Gasteiger partial charge is 0.333 e. The topological polar surface area (TPSA) is 130 Å². The number of fused-ring (bicyclic) bond motifs is 4. The minimum Gasteiger partial charge on any atom is -0.333 e. The summed E-state index contributed by atoms with van der Waals surface area (Å²) in [5, 5.41) is 17.3. The maximum Gasteiger partial charge on any atom is 0.248 e. The molecule has 3 heterocycles. The average Bonchev–Trinajstić information content (AvgIpc) is 3.54. The molecule has 0 atom stereocenters. The van der Waals surface area contributed by atoms with Crippen LogP contribution in [0.15, 0.2) is 42.7 Å². The number of H-pyrrole nitrogens is 1. The van der Waals surface area contributed by atoms with Gasteiger partial charge in [-0.3, -0.25) is 9.59 Å². The van der Waals surface area contributed by atoms with Crippen molar-refractivity contribution in [1.29, 1.82) is 0 Å². The van der Waals surface area contributed by atoms with Gasteiger partial charge < -0.3 is 15.6 Å². The Balaban J connectivity index is 1.50. The maximum atomic E-state index is 14.7. The molecule has 0 spiro atoms. The van der Waals surface area contributed by atoms with Gasteiger partial charge in [0.05, 0.1) is 22.6 Å². The van der Waals surface area contributed by atoms with Crippen LogP contribution in [-0.2, 0) is 16.0 Å². The van der Waals surface area contributed by atoms with E-state index in [2.05, 4.69) is 36.1 Å². The molecular weight excluding hydrogens is 546 g/mol. The van der Waals surface area contributed by atoms with Crippen LogP contribution in [0, 0.1) is 5.82 Å². The van der Waals surface area contributed by atoms with Gasteiger partial charge in [0.15, 0.2) is 0 Å². The molecule has 10 nitrogen and oxygen atoms in total. The van der Waals surface area contributed by atoms with Gasteiger partial charge in [-0.25, -0.2) is 9.37 Å². The van der Waals surface area contributed by atoms with E-state index >= 15 is 0 Å². The number of anilines is 2. The molecule has 3 N–H and O–H groups in total. The van der Waals surface area contributed by atoms with Gasteiger partial charge in [0.25, 0.3) is 0 Å². The van der Waals surface area contributed by atoms with Crippen molar-refractivity contribution >= 4 is 52.5 Å². The maximum absolute atomic E-state index is 14.7. The van der Waals surface area contributed by atoms with E-state index in [-0.39, 0.29) is 22.4 Å². The van der Waals surface area contributed by atoms with Crippen molar-refractivity contribution in [2.45, 2.75) is 38.5 Å². The van der Waals surface area contributed by atoms with Gasteiger partial charge >= 0.3 is 0 Å². The van der Waals surface area contributed by atoms with Gasteiger partial charge in [-0.1, -0.05) is 36.0 Å². The van der Waals surface area contributed by atoms with E-state index in [1.54, 1.807) is 18.2 Å². The molecular formula is C26H23Cl2FN8O2. The predicted molar refractivity (Wildman–Crippen MR) is 146 cm³/mol. The lowest BCUT2D eigenvalue weighted by atomic mass is 10.1. The summed E-state index contributed by atoms with van der Waals surface area (Å²) < 4.78 is 16.2. The zero-order chi connectivity index (χ0) is 27.4. The van der Waals surface area contributed by atoms with Crippen LogP contribution in [-0.4, -0.2) is 42.0 Å². The highest BCUT2D eigenvalue weighted by atomic mass is 35.5. The van der Waals surface area contributed by atoms with Crippen molar-refractivity contribution in [3.05, 3.63) is 70.1 Å². The number of nitrogens with zero attached hydrogens (tertiary/aromatic N) is 5. The molecule has 4 aromatic rings. The molecule has 0 saturated carbocycles. The lowest BCUT2D eigenvalue weighted by Crippen LogP contribution is -2.15. The molecule has 200 valence electrons. The summed E-state index contributed by atoms with van der Waals surface area (Å²) in [6, 6.07) is 7.39. The van der Waals surface area contributed by atoms with Crippen molar-refractivity contribution < 1.29 is 14.0 Å². The molecule has 2 amide bonds. The van der Waals surface area contributed by atoms with Gasteiger partial charge in [0, 0.05) is 29.5 Å². The van der Waals surface area contributed by atoms with Gasteiger partial charge in [0.2, 0.25) is 11.8 Å². The van der Waals surface area contributed by atoms with E-state index in [0.717, 1.165) is 25.3 Å². The van der Waals surface area contributed by atoms with E-state index in [4.69, 9.17) is 23.2 Å². The molecule has 13 heteroatoms. The molecule has 0 aliphatic carbocycles. The number of imidazole rings is 1. The summed E-state index contributed by atoms with van der Waals surface area (Å²) in [7, 11) is 0. The number of amides is 2. The Morgan fingerprint density at radius 3 is 2.72 bits per heavy atom. The van der Waals surface area contributed by atoms with Crippen LogP contribution in [0.4, 0.5) is 15.8 Å². The van der Waals surface area contributed by atoms with Gasteiger partial charge in [-0.05, 0) is 59.7 Å². The first-order valence-corrected chi connectivity index (χ1v) is 13.0. The van der Waals surface area contributed by atoms with Crippen LogP contribution >= 0.6 is 23.2 Å². The van der Waals surface area contributed by atoms with Crippen molar-refractivity contribution in [2.24, 2.45) is 0 Å². The molecule has 0 radical (unpaired) electrons. The van der Waals surface area contributed by atoms with Crippen molar-refractivity contribution in [3.63, 3.8) is 0 Å². The number of hydrogen-bond acceptors (Lipinski definition) is 6. The molecule has 0 saturated heterocycles. The second-order valence-electron chi connectivity index (χ2n) is 8.96. The number of aromatic nitrogens is 6. The number of hydrogen-bond donors (Lipinski definition) is 3. The molecule has 39 heavy (non-hydrogen) atoms. The first-order valence-electron chi connectivity index (χ1n) is 12.3. The number of aryl methyl sites for hydroxylation is 1. The number of nitrogens with one attached hydrogen (secondary N) is 3. The highest BCUT2D eigenvalue weighted by Crippen LogP contribution is 2.39. The molecule has 1 aliphatic rings. The van der Waals surface area contributed by atoms with E-state index < -0.39 is 11.7 Å². The zero-order valence-electron chi connectivity index (χ0n) is 20.5. The van der Waals surface area contributed by atoms with E-state index in [9.17, 15) is 14.0 Å². The lowest BCUT2D eigenvalue weighted by Gasteiger charge is -2.16. The fourth-order valence-corrected chi connectivity index (χ4v) is 4.79. The first-order chi connectivity index (χ1) is 18.9. The Labute approximate surface area is 232 Å². The normalized spacial score (nSPS) is 14.2. The second-order valence-corrected chi connectivity index (χ2v) is 9.78. The SMILES string of the molecule is O=C(C=Cc1cc(Cl)ccc1-n1cnnn1)Nc1cc(F)cc2c1-c1nc([nH]c1Cl)CCCCCCC(=O)N2. The van der Waals surface area contributed by atoms with Crippen LogP contribution in [0.2, 0.25) is 10.2 Å². The average molecular weight is 569 g/mol. The zero-order valence-corrected chi connectivity index (χ0v) is 22.1. The summed E-state index contributed by atoms with van der Waals surface area (Å²) in [5.41, 5.74) is 2.03. The number of halogens is 3. The van der Waals surface area contributed by atoms with Crippen LogP contribution in [0.3, 0.4) is 0 Å². The van der Waals surface area contributed by atoms with E-state index in [0.29, 0.717) is 52.6 Å². The van der Waals surface area contributed by atoms with Crippen LogP contribution in [0.5, 0.6) is 0 Å². The van der Waals surface area contributed by atoms with E-state index in [1.165, 1.54) is 29.2 Å². The summed E-state index contributed by atoms with van der Waals surface area (Å²) in [6.07, 6.45) is 8.61. The minimum atomic E-state index is -0.652. The van der Waals surface area contributed by atoms with Gasteiger partial charge in [-0.2, -0.15) is 4.68 Å². The highest BCUT2D eigenvalue weighted by molar-refractivity contribution is 6.32. The molecule has 2 aromatic heterocycles. The Hall–Kier alpha value is -4.09. The smallest absolute Gasteiger partial charge is 0.248 e. The number of tetrazole rings is 1. The minimum absolute atomic E-state index is 0.0987. The monoisotopic (exact) mass is 568 g/mol. The number of carbonyl (C=O) groups excluding carboxylic acids is 2. The Bertz CT molecular complexity index is 1550. The summed E-state index contributed by atoms with van der Waals surface area (Å²) in [4.78, 5) is 33.4. The Morgan fingerprint density at radius 1 is 1.10 bits per heavy atom. The molecule has 2 bridgehead atoms. The second kappa shape index (κ2) is 11.7. The number of benzene rings is 2. The third kappa shape index (κ3) is 6.32. The van der Waals surface area contributed by atoms with Crippen molar-refractivity contribution in [1.82, 2.24) is 30.2 Å². The van der Waals surface area contributed by atoms with Crippen LogP contribution in [0.25, 0.3) is 23.0 Å². The molecule has 2 aromatic carbocycles.